The molecule has 0 saturated carbocycles. The molecule has 5 heteroatoms. The van der Waals surface area contributed by atoms with E-state index in [1.165, 1.54) is 0 Å². The highest BCUT2D eigenvalue weighted by atomic mass is 79.9. The highest BCUT2D eigenvalue weighted by Gasteiger charge is 2.19. The number of hydrogen-bond donors (Lipinski definition) is 1. The summed E-state index contributed by atoms with van der Waals surface area (Å²) in [6, 6.07) is 5.59. The molecule has 1 rings (SSSR count). The van der Waals surface area contributed by atoms with E-state index in [2.05, 4.69) is 31.9 Å². The van der Waals surface area contributed by atoms with Gasteiger partial charge in [-0.1, -0.05) is 22.0 Å². The van der Waals surface area contributed by atoms with Crippen LogP contribution in [0.3, 0.4) is 0 Å². The maximum Gasteiger partial charge on any atom is 0.344 e. The maximum atomic E-state index is 10.9. The van der Waals surface area contributed by atoms with Crippen molar-refractivity contribution in [2.24, 2.45) is 0 Å². The highest BCUT2D eigenvalue weighted by molar-refractivity contribution is 9.10. The van der Waals surface area contributed by atoms with Crippen LogP contribution in [0.4, 0.5) is 0 Å². The first-order chi connectivity index (χ1) is 7.54. The third-order valence-electron chi connectivity index (χ3n) is 2.00. The summed E-state index contributed by atoms with van der Waals surface area (Å²) in [6.45, 7) is 1.93. The molecule has 0 spiro atoms. The Hall–Kier alpha value is -0.550. The van der Waals surface area contributed by atoms with Gasteiger partial charge < -0.3 is 9.84 Å². The molecule has 0 aliphatic heterocycles. The van der Waals surface area contributed by atoms with E-state index >= 15 is 0 Å². The zero-order valence-electron chi connectivity index (χ0n) is 8.74. The minimum absolute atomic E-state index is 0.426. The van der Waals surface area contributed by atoms with Crippen LogP contribution in [0.5, 0.6) is 5.75 Å². The number of hydrogen-bond acceptors (Lipinski definition) is 2. The molecule has 0 fully saturated rings. The summed E-state index contributed by atoms with van der Waals surface area (Å²) < 4.78 is 6.21. The molecule has 1 aromatic carbocycles. The van der Waals surface area contributed by atoms with Gasteiger partial charge in [-0.25, -0.2) is 4.79 Å². The van der Waals surface area contributed by atoms with Crippen molar-refractivity contribution >= 4 is 37.8 Å². The Balaban J connectivity index is 2.84. The molecule has 0 aliphatic carbocycles. The van der Waals surface area contributed by atoms with Gasteiger partial charge in [0.15, 0.2) is 6.10 Å². The van der Waals surface area contributed by atoms with E-state index in [0.717, 1.165) is 10.0 Å². The Bertz CT molecular complexity index is 379. The Kier molecular flexibility index (Phi) is 5.28. The fourth-order valence-corrected chi connectivity index (χ4v) is 1.94. The number of carboxylic acid groups (broad SMARTS) is 1. The smallest absolute Gasteiger partial charge is 0.344 e. The maximum absolute atomic E-state index is 10.9. The van der Waals surface area contributed by atoms with Gasteiger partial charge in [0, 0.05) is 11.8 Å². The summed E-state index contributed by atoms with van der Waals surface area (Å²) in [4.78, 5) is 10.9. The summed E-state index contributed by atoms with van der Waals surface area (Å²) >= 11 is 6.54. The number of aliphatic carboxylic acids is 1. The fraction of sp³-hybridized carbons (Fsp3) is 0.364. The van der Waals surface area contributed by atoms with Gasteiger partial charge in [-0.2, -0.15) is 0 Å². The molecule has 0 saturated heterocycles. The molecule has 0 amide bonds. The van der Waals surface area contributed by atoms with Gasteiger partial charge in [0.25, 0.3) is 0 Å². The van der Waals surface area contributed by atoms with Crippen molar-refractivity contribution in [1.29, 1.82) is 0 Å². The van der Waals surface area contributed by atoms with E-state index in [1.54, 1.807) is 0 Å². The average Bonchev–Trinajstić information content (AvgIpc) is 2.22. The van der Waals surface area contributed by atoms with Crippen LogP contribution in [0.25, 0.3) is 0 Å². The molecular formula is C11H12Br2O3. The molecule has 0 radical (unpaired) electrons. The lowest BCUT2D eigenvalue weighted by molar-refractivity contribution is -0.145. The molecule has 1 N–H and O–H groups in total. The Morgan fingerprint density at radius 1 is 1.56 bits per heavy atom. The summed E-state index contributed by atoms with van der Waals surface area (Å²) in [5.41, 5.74) is 1.03. The first kappa shape index (κ1) is 13.5. The number of alkyl halides is 1. The number of ether oxygens (including phenoxy) is 1. The molecule has 16 heavy (non-hydrogen) atoms. The summed E-state index contributed by atoms with van der Waals surface area (Å²) in [5.74, 6) is -0.388. The topological polar surface area (TPSA) is 46.5 Å². The fourth-order valence-electron chi connectivity index (χ4n) is 1.19. The third-order valence-corrected chi connectivity index (χ3v) is 3.12. The second kappa shape index (κ2) is 6.25. The van der Waals surface area contributed by atoms with E-state index in [-0.39, 0.29) is 0 Å². The molecule has 0 aromatic heterocycles. The Morgan fingerprint density at radius 3 is 2.81 bits per heavy atom. The van der Waals surface area contributed by atoms with Gasteiger partial charge in [0.1, 0.15) is 5.75 Å². The van der Waals surface area contributed by atoms with Crippen LogP contribution < -0.4 is 4.74 Å². The second-order valence-electron chi connectivity index (χ2n) is 3.36. The third kappa shape index (κ3) is 3.79. The largest absolute Gasteiger partial charge is 0.479 e. The number of carboxylic acids is 1. The molecule has 0 bridgehead atoms. The molecule has 1 aromatic rings. The van der Waals surface area contributed by atoms with Gasteiger partial charge in [-0.15, -0.1) is 0 Å². The minimum atomic E-state index is -0.951. The normalized spacial score (nSPS) is 12.2. The second-order valence-corrected chi connectivity index (χ2v) is 5.00. The van der Waals surface area contributed by atoms with E-state index in [9.17, 15) is 4.79 Å². The minimum Gasteiger partial charge on any atom is -0.479 e. The molecule has 3 nitrogen and oxygen atoms in total. The predicted molar refractivity (Wildman–Crippen MR) is 69.3 cm³/mol. The predicted octanol–water partition coefficient (Wildman–Crippen LogP) is 3.37. The number of benzene rings is 1. The summed E-state index contributed by atoms with van der Waals surface area (Å²) in [7, 11) is 0. The van der Waals surface area contributed by atoms with Crippen molar-refractivity contribution in [3.8, 4) is 5.75 Å². The zero-order chi connectivity index (χ0) is 12.1. The lowest BCUT2D eigenvalue weighted by Gasteiger charge is -2.15. The molecule has 1 unspecified atom stereocenters. The van der Waals surface area contributed by atoms with E-state index in [0.29, 0.717) is 17.5 Å². The van der Waals surface area contributed by atoms with Crippen LogP contribution in [-0.2, 0) is 4.79 Å². The van der Waals surface area contributed by atoms with Gasteiger partial charge >= 0.3 is 5.97 Å². The Morgan fingerprint density at radius 2 is 2.25 bits per heavy atom. The quantitative estimate of drug-likeness (QED) is 0.827. The van der Waals surface area contributed by atoms with Gasteiger partial charge in [0.05, 0.1) is 4.47 Å². The van der Waals surface area contributed by atoms with Crippen LogP contribution in [0.2, 0.25) is 0 Å². The molecule has 0 heterocycles. The van der Waals surface area contributed by atoms with Crippen molar-refractivity contribution in [2.45, 2.75) is 19.4 Å². The van der Waals surface area contributed by atoms with E-state index in [1.807, 2.05) is 25.1 Å². The van der Waals surface area contributed by atoms with Crippen LogP contribution >= 0.6 is 31.9 Å². The average molecular weight is 352 g/mol. The van der Waals surface area contributed by atoms with Gasteiger partial charge in [-0.05, 0) is 40.5 Å². The van der Waals surface area contributed by atoms with Crippen molar-refractivity contribution < 1.29 is 14.6 Å². The van der Waals surface area contributed by atoms with Gasteiger partial charge in [-0.3, -0.25) is 0 Å². The van der Waals surface area contributed by atoms with E-state index < -0.39 is 12.1 Å². The number of aryl methyl sites for hydroxylation is 1. The van der Waals surface area contributed by atoms with Crippen molar-refractivity contribution in [1.82, 2.24) is 0 Å². The number of rotatable bonds is 5. The Labute approximate surface area is 111 Å². The standard InChI is InChI=1S/C11H12Br2O3/c1-7-2-3-8(13)10(6-7)16-9(4-5-12)11(14)15/h2-3,6,9H,4-5H2,1H3,(H,14,15). The summed E-state index contributed by atoms with van der Waals surface area (Å²) in [5, 5.41) is 9.56. The lowest BCUT2D eigenvalue weighted by Crippen LogP contribution is -2.27. The number of halogens is 2. The van der Waals surface area contributed by atoms with Crippen LogP contribution in [0.1, 0.15) is 12.0 Å². The monoisotopic (exact) mass is 350 g/mol. The van der Waals surface area contributed by atoms with Crippen LogP contribution in [0.15, 0.2) is 22.7 Å². The molecule has 1 atom stereocenters. The number of carbonyl (C=O) groups is 1. The first-order valence-corrected chi connectivity index (χ1v) is 6.67. The lowest BCUT2D eigenvalue weighted by atomic mass is 10.2. The van der Waals surface area contributed by atoms with E-state index in [4.69, 9.17) is 9.84 Å². The van der Waals surface area contributed by atoms with Crippen molar-refractivity contribution in [3.63, 3.8) is 0 Å². The SMILES string of the molecule is Cc1ccc(Br)c(OC(CCBr)C(=O)O)c1. The molecular weight excluding hydrogens is 340 g/mol. The zero-order valence-corrected chi connectivity index (χ0v) is 11.9. The first-order valence-electron chi connectivity index (χ1n) is 4.76. The summed E-state index contributed by atoms with van der Waals surface area (Å²) in [6.07, 6.45) is -0.395. The van der Waals surface area contributed by atoms with Crippen LogP contribution in [0, 0.1) is 6.92 Å². The molecule has 88 valence electrons. The molecule has 0 aliphatic rings. The highest BCUT2D eigenvalue weighted by Crippen LogP contribution is 2.27. The van der Waals surface area contributed by atoms with Gasteiger partial charge in [0.2, 0.25) is 0 Å². The van der Waals surface area contributed by atoms with Crippen molar-refractivity contribution in [3.05, 3.63) is 28.2 Å². The van der Waals surface area contributed by atoms with Crippen LogP contribution in [-0.4, -0.2) is 22.5 Å². The van der Waals surface area contributed by atoms with Crippen molar-refractivity contribution in [2.75, 3.05) is 5.33 Å².